The highest BCUT2D eigenvalue weighted by Crippen LogP contribution is 2.57. The van der Waals surface area contributed by atoms with E-state index in [-0.39, 0.29) is 0 Å². The predicted octanol–water partition coefficient (Wildman–Crippen LogP) is 3.39. The van der Waals surface area contributed by atoms with Gasteiger partial charge in [-0.25, -0.2) is 0 Å². The van der Waals surface area contributed by atoms with Crippen molar-refractivity contribution in [3.05, 3.63) is 12.2 Å². The summed E-state index contributed by atoms with van der Waals surface area (Å²) in [5.41, 5.74) is 0.628. The highest BCUT2D eigenvalue weighted by Gasteiger charge is 2.48. The van der Waals surface area contributed by atoms with Crippen molar-refractivity contribution in [3.63, 3.8) is 0 Å². The van der Waals surface area contributed by atoms with E-state index < -0.39 is 0 Å². The van der Waals surface area contributed by atoms with Gasteiger partial charge in [0.15, 0.2) is 0 Å². The standard InChI is InChI=1S/C10H18/c1-4-7-10(6-3)8-9(10)5-2/h4,7,9H,5-6,8H2,1-3H3. The van der Waals surface area contributed by atoms with Gasteiger partial charge in [0.1, 0.15) is 0 Å². The third kappa shape index (κ3) is 1.12. The highest BCUT2D eigenvalue weighted by atomic mass is 14.5. The Morgan fingerprint density at radius 1 is 1.50 bits per heavy atom. The van der Waals surface area contributed by atoms with E-state index in [9.17, 15) is 0 Å². The minimum atomic E-state index is 0.628. The van der Waals surface area contributed by atoms with Crippen molar-refractivity contribution in [2.75, 3.05) is 0 Å². The topological polar surface area (TPSA) is 0 Å². The summed E-state index contributed by atoms with van der Waals surface area (Å²) in [6, 6.07) is 0. The smallest absolute Gasteiger partial charge is 0.00895 e. The quantitative estimate of drug-likeness (QED) is 0.524. The van der Waals surface area contributed by atoms with E-state index in [0.29, 0.717) is 5.41 Å². The van der Waals surface area contributed by atoms with Crippen LogP contribution in [0.15, 0.2) is 12.2 Å². The Bertz CT molecular complexity index is 135. The van der Waals surface area contributed by atoms with Crippen LogP contribution in [-0.2, 0) is 0 Å². The molecule has 1 aliphatic rings. The fourth-order valence-corrected chi connectivity index (χ4v) is 2.04. The van der Waals surface area contributed by atoms with Gasteiger partial charge in [0.25, 0.3) is 0 Å². The van der Waals surface area contributed by atoms with Crippen molar-refractivity contribution >= 4 is 0 Å². The first-order valence-electron chi connectivity index (χ1n) is 4.43. The SMILES string of the molecule is CC=CC1(CC)CC1CC. The molecule has 2 unspecified atom stereocenters. The molecule has 0 heteroatoms. The molecule has 0 aromatic rings. The Morgan fingerprint density at radius 2 is 2.20 bits per heavy atom. The molecule has 0 N–H and O–H groups in total. The number of hydrogen-bond acceptors (Lipinski definition) is 0. The van der Waals surface area contributed by atoms with Crippen LogP contribution < -0.4 is 0 Å². The van der Waals surface area contributed by atoms with Crippen molar-refractivity contribution < 1.29 is 0 Å². The summed E-state index contributed by atoms with van der Waals surface area (Å²) in [4.78, 5) is 0. The lowest BCUT2D eigenvalue weighted by Crippen LogP contribution is -1.96. The molecule has 2 atom stereocenters. The van der Waals surface area contributed by atoms with E-state index in [1.54, 1.807) is 0 Å². The number of rotatable bonds is 3. The summed E-state index contributed by atoms with van der Waals surface area (Å²) in [5.74, 6) is 0.994. The van der Waals surface area contributed by atoms with Crippen molar-refractivity contribution in [1.82, 2.24) is 0 Å². The van der Waals surface area contributed by atoms with Gasteiger partial charge in [-0.15, -0.1) is 0 Å². The summed E-state index contributed by atoms with van der Waals surface area (Å²) in [6.07, 6.45) is 8.73. The second-order valence-electron chi connectivity index (χ2n) is 3.40. The Kier molecular flexibility index (Phi) is 2.18. The van der Waals surface area contributed by atoms with Gasteiger partial charge in [-0.05, 0) is 31.1 Å². The van der Waals surface area contributed by atoms with Crippen molar-refractivity contribution in [1.29, 1.82) is 0 Å². The average Bonchev–Trinajstić information content (AvgIpc) is 2.65. The van der Waals surface area contributed by atoms with Gasteiger partial charge >= 0.3 is 0 Å². The normalized spacial score (nSPS) is 38.9. The van der Waals surface area contributed by atoms with Crippen molar-refractivity contribution in [2.24, 2.45) is 11.3 Å². The van der Waals surface area contributed by atoms with Gasteiger partial charge in [-0.2, -0.15) is 0 Å². The van der Waals surface area contributed by atoms with Crippen LogP contribution in [0.2, 0.25) is 0 Å². The zero-order valence-corrected chi connectivity index (χ0v) is 7.35. The van der Waals surface area contributed by atoms with E-state index in [2.05, 4.69) is 32.9 Å². The third-order valence-corrected chi connectivity index (χ3v) is 2.93. The molecule has 0 spiro atoms. The lowest BCUT2D eigenvalue weighted by molar-refractivity contribution is 0.537. The molecule has 0 nitrogen and oxygen atoms in total. The molecule has 0 aromatic heterocycles. The second-order valence-corrected chi connectivity index (χ2v) is 3.40. The first-order chi connectivity index (χ1) is 4.79. The van der Waals surface area contributed by atoms with Crippen LogP contribution in [-0.4, -0.2) is 0 Å². The maximum absolute atomic E-state index is 2.40. The molecule has 0 bridgehead atoms. The largest absolute Gasteiger partial charge is 0.0911 e. The summed E-state index contributed by atoms with van der Waals surface area (Å²) in [6.45, 7) is 6.73. The Morgan fingerprint density at radius 3 is 2.50 bits per heavy atom. The van der Waals surface area contributed by atoms with Crippen molar-refractivity contribution in [2.45, 2.75) is 40.0 Å². The Hall–Kier alpha value is -0.260. The molecule has 0 saturated heterocycles. The average molecular weight is 138 g/mol. The fourth-order valence-electron chi connectivity index (χ4n) is 2.04. The third-order valence-electron chi connectivity index (χ3n) is 2.93. The van der Waals surface area contributed by atoms with Gasteiger partial charge in [0.2, 0.25) is 0 Å². The second kappa shape index (κ2) is 2.77. The summed E-state index contributed by atoms with van der Waals surface area (Å²) in [7, 11) is 0. The maximum Gasteiger partial charge on any atom is -0.00895 e. The number of allylic oxidation sites excluding steroid dienone is 2. The van der Waals surface area contributed by atoms with Gasteiger partial charge < -0.3 is 0 Å². The maximum atomic E-state index is 2.40. The lowest BCUT2D eigenvalue weighted by atomic mass is 9.99. The van der Waals surface area contributed by atoms with Gasteiger partial charge in [0, 0.05) is 0 Å². The summed E-state index contributed by atoms with van der Waals surface area (Å²) in [5, 5.41) is 0. The molecule has 0 radical (unpaired) electrons. The van der Waals surface area contributed by atoms with Crippen LogP contribution in [0.3, 0.4) is 0 Å². The molecule has 0 heterocycles. The van der Waals surface area contributed by atoms with Crippen LogP contribution >= 0.6 is 0 Å². The fraction of sp³-hybridized carbons (Fsp3) is 0.800. The predicted molar refractivity (Wildman–Crippen MR) is 45.9 cm³/mol. The lowest BCUT2D eigenvalue weighted by Gasteiger charge is -2.06. The number of hydrogen-bond donors (Lipinski definition) is 0. The summed E-state index contributed by atoms with van der Waals surface area (Å²) >= 11 is 0. The molecule has 0 amide bonds. The first kappa shape index (κ1) is 7.84. The van der Waals surface area contributed by atoms with E-state index >= 15 is 0 Å². The molecule has 1 saturated carbocycles. The molecule has 10 heavy (non-hydrogen) atoms. The van der Waals surface area contributed by atoms with E-state index in [0.717, 1.165) is 5.92 Å². The zero-order valence-electron chi connectivity index (χ0n) is 7.35. The van der Waals surface area contributed by atoms with E-state index in [1.165, 1.54) is 19.3 Å². The van der Waals surface area contributed by atoms with Crippen LogP contribution in [0.4, 0.5) is 0 Å². The van der Waals surface area contributed by atoms with Crippen LogP contribution in [0, 0.1) is 11.3 Å². The first-order valence-corrected chi connectivity index (χ1v) is 4.43. The van der Waals surface area contributed by atoms with Gasteiger partial charge in [-0.1, -0.05) is 32.4 Å². The molecular weight excluding hydrogens is 120 g/mol. The molecule has 0 aromatic carbocycles. The monoisotopic (exact) mass is 138 g/mol. The highest BCUT2D eigenvalue weighted by molar-refractivity contribution is 5.13. The molecule has 58 valence electrons. The Balaban J connectivity index is 2.50. The van der Waals surface area contributed by atoms with E-state index in [1.807, 2.05) is 0 Å². The van der Waals surface area contributed by atoms with Crippen molar-refractivity contribution in [3.8, 4) is 0 Å². The van der Waals surface area contributed by atoms with Gasteiger partial charge in [-0.3, -0.25) is 0 Å². The molecule has 1 rings (SSSR count). The molecule has 1 aliphatic carbocycles. The minimum absolute atomic E-state index is 0.628. The Labute approximate surface area is 64.3 Å². The molecule has 0 aliphatic heterocycles. The summed E-state index contributed by atoms with van der Waals surface area (Å²) < 4.78 is 0. The zero-order chi connectivity index (χ0) is 7.61. The molecular formula is C10H18. The van der Waals surface area contributed by atoms with Crippen LogP contribution in [0.5, 0.6) is 0 Å². The van der Waals surface area contributed by atoms with Gasteiger partial charge in [0.05, 0.1) is 0 Å². The van der Waals surface area contributed by atoms with E-state index in [4.69, 9.17) is 0 Å². The van der Waals surface area contributed by atoms with Crippen LogP contribution in [0.25, 0.3) is 0 Å². The van der Waals surface area contributed by atoms with Crippen LogP contribution in [0.1, 0.15) is 40.0 Å². The molecule has 1 fully saturated rings. The minimum Gasteiger partial charge on any atom is -0.0911 e.